The summed E-state index contributed by atoms with van der Waals surface area (Å²) < 4.78 is 5.12. The summed E-state index contributed by atoms with van der Waals surface area (Å²) in [6, 6.07) is 7.38. The molecule has 1 amide bonds. The van der Waals surface area contributed by atoms with Gasteiger partial charge in [0.2, 0.25) is 0 Å². The number of β-lactam (4-membered cyclic amide) rings is 1. The summed E-state index contributed by atoms with van der Waals surface area (Å²) in [5.41, 5.74) is 0.847. The number of aliphatic hydroxyl groups excluding tert-OH is 1. The summed E-state index contributed by atoms with van der Waals surface area (Å²) >= 11 is 0. The predicted molar refractivity (Wildman–Crippen MR) is 76.8 cm³/mol. The fraction of sp³-hybridized carbons (Fsp3) is 0.562. The second-order valence-corrected chi connectivity index (χ2v) is 5.79. The number of methoxy groups -OCH3 is 1. The molecule has 2 fully saturated rings. The van der Waals surface area contributed by atoms with E-state index in [1.807, 2.05) is 24.3 Å². The van der Waals surface area contributed by atoms with Crippen molar-refractivity contribution in [2.45, 2.75) is 44.2 Å². The molecule has 1 aromatic rings. The minimum atomic E-state index is -0.822. The zero-order valence-corrected chi connectivity index (χ0v) is 11.8. The third-order valence-electron chi connectivity index (χ3n) is 4.63. The second-order valence-electron chi connectivity index (χ2n) is 5.79. The molecule has 1 aliphatic heterocycles. The number of hydrogen-bond acceptors (Lipinski definition) is 3. The van der Waals surface area contributed by atoms with Gasteiger partial charge in [-0.05, 0) is 43.0 Å². The van der Waals surface area contributed by atoms with Gasteiger partial charge in [-0.3, -0.25) is 4.79 Å². The molecule has 2 unspecified atom stereocenters. The van der Waals surface area contributed by atoms with Crippen molar-refractivity contribution in [2.24, 2.45) is 5.92 Å². The van der Waals surface area contributed by atoms with Crippen molar-refractivity contribution < 1.29 is 14.6 Å². The van der Waals surface area contributed by atoms with E-state index in [4.69, 9.17) is 4.74 Å². The van der Waals surface area contributed by atoms with Gasteiger partial charge in [-0.25, -0.2) is 0 Å². The maximum absolute atomic E-state index is 11.9. The van der Waals surface area contributed by atoms with Gasteiger partial charge in [-0.1, -0.05) is 19.3 Å². The van der Waals surface area contributed by atoms with Crippen LogP contribution in [0.4, 0.5) is 5.69 Å². The molecule has 0 aromatic heterocycles. The van der Waals surface area contributed by atoms with Gasteiger partial charge in [0.1, 0.15) is 5.75 Å². The monoisotopic (exact) mass is 275 g/mol. The number of aliphatic hydroxyl groups is 1. The van der Waals surface area contributed by atoms with E-state index in [-0.39, 0.29) is 11.9 Å². The highest BCUT2D eigenvalue weighted by molar-refractivity contribution is 6.04. The number of hydrogen-bond donors (Lipinski definition) is 1. The fourth-order valence-electron chi connectivity index (χ4n) is 3.07. The highest BCUT2D eigenvalue weighted by atomic mass is 16.5. The summed E-state index contributed by atoms with van der Waals surface area (Å²) in [4.78, 5) is 13.6. The topological polar surface area (TPSA) is 49.8 Å². The van der Waals surface area contributed by atoms with Gasteiger partial charge in [0.25, 0.3) is 5.91 Å². The molecule has 0 bridgehead atoms. The fourth-order valence-corrected chi connectivity index (χ4v) is 3.07. The smallest absolute Gasteiger partial charge is 0.258 e. The number of amides is 1. The Morgan fingerprint density at radius 3 is 2.50 bits per heavy atom. The quantitative estimate of drug-likeness (QED) is 0.839. The first-order valence-electron chi connectivity index (χ1n) is 7.36. The largest absolute Gasteiger partial charge is 0.497 e. The number of carbonyl (C=O) groups excluding carboxylic acids is 1. The molecular weight excluding hydrogens is 254 g/mol. The molecular formula is C16H21NO3. The Bertz CT molecular complexity index is 481. The van der Waals surface area contributed by atoms with E-state index in [1.54, 1.807) is 12.0 Å². The predicted octanol–water partition coefficient (Wildman–Crippen LogP) is 2.35. The van der Waals surface area contributed by atoms with E-state index in [2.05, 4.69) is 0 Å². The average Bonchev–Trinajstić information content (AvgIpc) is 2.44. The Morgan fingerprint density at radius 1 is 1.25 bits per heavy atom. The lowest BCUT2D eigenvalue weighted by Gasteiger charge is -2.45. The molecule has 20 heavy (non-hydrogen) atoms. The van der Waals surface area contributed by atoms with E-state index >= 15 is 0 Å². The molecule has 1 saturated carbocycles. The van der Waals surface area contributed by atoms with Gasteiger partial charge in [0.15, 0.2) is 6.10 Å². The maximum Gasteiger partial charge on any atom is 0.258 e. The Hall–Kier alpha value is -1.55. The van der Waals surface area contributed by atoms with Crippen LogP contribution in [0.3, 0.4) is 0 Å². The van der Waals surface area contributed by atoms with E-state index < -0.39 is 6.10 Å². The number of ether oxygens (including phenoxy) is 1. The number of carbonyl (C=O) groups is 1. The first-order chi connectivity index (χ1) is 9.70. The van der Waals surface area contributed by atoms with Crippen LogP contribution in [0.25, 0.3) is 0 Å². The van der Waals surface area contributed by atoms with Crippen LogP contribution < -0.4 is 9.64 Å². The Morgan fingerprint density at radius 2 is 1.95 bits per heavy atom. The maximum atomic E-state index is 11.9. The lowest BCUT2D eigenvalue weighted by molar-refractivity contribution is -0.137. The lowest BCUT2D eigenvalue weighted by atomic mass is 9.79. The van der Waals surface area contributed by atoms with Crippen LogP contribution in [-0.2, 0) is 4.79 Å². The minimum absolute atomic E-state index is 0.0588. The van der Waals surface area contributed by atoms with Crippen LogP contribution in [0.15, 0.2) is 24.3 Å². The van der Waals surface area contributed by atoms with Crippen LogP contribution in [-0.4, -0.2) is 30.3 Å². The van der Waals surface area contributed by atoms with Gasteiger partial charge in [-0.2, -0.15) is 0 Å². The highest BCUT2D eigenvalue weighted by Gasteiger charge is 2.46. The number of anilines is 1. The first-order valence-corrected chi connectivity index (χ1v) is 7.36. The van der Waals surface area contributed by atoms with Crippen molar-refractivity contribution in [3.8, 4) is 5.75 Å². The third kappa shape index (κ3) is 2.29. The summed E-state index contributed by atoms with van der Waals surface area (Å²) in [6.45, 7) is 0. The second kappa shape index (κ2) is 5.44. The molecule has 1 aromatic carbocycles. The lowest BCUT2D eigenvalue weighted by Crippen LogP contribution is -2.65. The van der Waals surface area contributed by atoms with E-state index in [0.29, 0.717) is 0 Å². The molecule has 1 aliphatic carbocycles. The van der Waals surface area contributed by atoms with Crippen molar-refractivity contribution in [2.75, 3.05) is 12.0 Å². The number of benzene rings is 1. The van der Waals surface area contributed by atoms with Crippen LogP contribution in [0.5, 0.6) is 5.75 Å². The van der Waals surface area contributed by atoms with Gasteiger partial charge >= 0.3 is 0 Å². The first kappa shape index (κ1) is 13.4. The molecule has 3 rings (SSSR count). The van der Waals surface area contributed by atoms with Crippen LogP contribution >= 0.6 is 0 Å². The van der Waals surface area contributed by atoms with E-state index in [0.717, 1.165) is 30.2 Å². The van der Waals surface area contributed by atoms with Gasteiger partial charge < -0.3 is 14.7 Å². The Balaban J connectivity index is 1.67. The minimum Gasteiger partial charge on any atom is -0.497 e. The molecule has 4 nitrogen and oxygen atoms in total. The normalized spacial score (nSPS) is 26.1. The van der Waals surface area contributed by atoms with E-state index in [9.17, 15) is 9.90 Å². The molecule has 2 aliphatic rings. The van der Waals surface area contributed by atoms with Crippen molar-refractivity contribution in [3.63, 3.8) is 0 Å². The summed E-state index contributed by atoms with van der Waals surface area (Å²) in [5.74, 6) is 1.39. The van der Waals surface area contributed by atoms with Crippen molar-refractivity contribution in [1.29, 1.82) is 0 Å². The van der Waals surface area contributed by atoms with Crippen LogP contribution in [0.1, 0.15) is 32.1 Å². The zero-order valence-electron chi connectivity index (χ0n) is 11.8. The standard InChI is InChI=1S/C16H21NO3/c1-20-13-8-6-12(7-9-13)17-14(15(18)16(17)19)10-5-11-3-2-4-11/h6-9,11,14-15,18H,2-5,10H2,1H3. The van der Waals surface area contributed by atoms with Gasteiger partial charge in [-0.15, -0.1) is 0 Å². The average molecular weight is 275 g/mol. The molecule has 0 radical (unpaired) electrons. The number of rotatable bonds is 5. The molecule has 2 atom stereocenters. The molecule has 0 spiro atoms. The number of nitrogens with zero attached hydrogens (tertiary/aromatic N) is 1. The summed E-state index contributed by atoms with van der Waals surface area (Å²) in [7, 11) is 1.62. The highest BCUT2D eigenvalue weighted by Crippen LogP contribution is 2.36. The van der Waals surface area contributed by atoms with Gasteiger partial charge in [0.05, 0.1) is 13.2 Å². The summed E-state index contributed by atoms with van der Waals surface area (Å²) in [6.07, 6.45) is 5.13. The molecule has 1 saturated heterocycles. The summed E-state index contributed by atoms with van der Waals surface area (Å²) in [5, 5.41) is 9.90. The molecule has 1 heterocycles. The molecule has 4 heteroatoms. The Kier molecular flexibility index (Phi) is 3.66. The van der Waals surface area contributed by atoms with Crippen molar-refractivity contribution in [3.05, 3.63) is 24.3 Å². The zero-order chi connectivity index (χ0) is 14.1. The third-order valence-corrected chi connectivity index (χ3v) is 4.63. The van der Waals surface area contributed by atoms with Crippen LogP contribution in [0.2, 0.25) is 0 Å². The SMILES string of the molecule is COc1ccc(N2C(=O)C(O)C2CCC2CCC2)cc1. The van der Waals surface area contributed by atoms with Crippen LogP contribution in [0, 0.1) is 5.92 Å². The molecule has 1 N–H and O–H groups in total. The van der Waals surface area contributed by atoms with Crippen molar-refractivity contribution in [1.82, 2.24) is 0 Å². The van der Waals surface area contributed by atoms with E-state index in [1.165, 1.54) is 19.3 Å². The Labute approximate surface area is 119 Å². The van der Waals surface area contributed by atoms with Gasteiger partial charge in [0, 0.05) is 5.69 Å². The molecule has 108 valence electrons. The van der Waals surface area contributed by atoms with Crippen molar-refractivity contribution >= 4 is 11.6 Å².